The van der Waals surface area contributed by atoms with E-state index in [0.29, 0.717) is 22.3 Å². The summed E-state index contributed by atoms with van der Waals surface area (Å²) in [6.45, 7) is 0. The number of hydrogen-bond acceptors (Lipinski definition) is 3. The van der Waals surface area contributed by atoms with E-state index in [1.165, 1.54) is 18.2 Å². The molecular formula is C21H19FN2O3. The van der Waals surface area contributed by atoms with E-state index in [1.54, 1.807) is 24.3 Å². The van der Waals surface area contributed by atoms with Crippen LogP contribution in [0.5, 0.6) is 0 Å². The van der Waals surface area contributed by atoms with Crippen molar-refractivity contribution in [1.29, 1.82) is 0 Å². The second-order valence-corrected chi connectivity index (χ2v) is 6.74. The summed E-state index contributed by atoms with van der Waals surface area (Å²) in [6, 6.07) is 12.7. The summed E-state index contributed by atoms with van der Waals surface area (Å²) in [6.07, 6.45) is 3.78. The van der Waals surface area contributed by atoms with E-state index >= 15 is 0 Å². The molecule has 1 heterocycles. The highest BCUT2D eigenvalue weighted by Gasteiger charge is 2.27. The number of anilines is 2. The Labute approximate surface area is 155 Å². The first kappa shape index (κ1) is 17.3. The SMILES string of the molecule is O=C(Nc1cccc(F)c1)c1oc2ccccc2c1NC(=O)C1CCCC1. The lowest BCUT2D eigenvalue weighted by Crippen LogP contribution is -2.22. The van der Waals surface area contributed by atoms with Crippen molar-refractivity contribution in [2.45, 2.75) is 25.7 Å². The summed E-state index contributed by atoms with van der Waals surface area (Å²) in [5.41, 5.74) is 1.17. The Balaban J connectivity index is 1.66. The minimum atomic E-state index is -0.543. The van der Waals surface area contributed by atoms with Crippen LogP contribution in [0.4, 0.5) is 15.8 Å². The Kier molecular flexibility index (Phi) is 4.62. The van der Waals surface area contributed by atoms with E-state index in [9.17, 15) is 14.0 Å². The topological polar surface area (TPSA) is 71.3 Å². The third-order valence-corrected chi connectivity index (χ3v) is 4.86. The Morgan fingerprint density at radius 1 is 1.00 bits per heavy atom. The van der Waals surface area contributed by atoms with Gasteiger partial charge in [0.1, 0.15) is 17.1 Å². The fraction of sp³-hybridized carbons (Fsp3) is 0.238. The first-order chi connectivity index (χ1) is 13.1. The van der Waals surface area contributed by atoms with Crippen LogP contribution in [0, 0.1) is 11.7 Å². The van der Waals surface area contributed by atoms with Crippen molar-refractivity contribution in [1.82, 2.24) is 0 Å². The molecule has 1 aliphatic carbocycles. The molecule has 138 valence electrons. The highest BCUT2D eigenvalue weighted by molar-refractivity contribution is 6.14. The van der Waals surface area contributed by atoms with Crippen LogP contribution in [0.1, 0.15) is 36.2 Å². The summed E-state index contributed by atoms with van der Waals surface area (Å²) in [5, 5.41) is 6.17. The average Bonchev–Trinajstić information content (AvgIpc) is 3.30. The first-order valence-corrected chi connectivity index (χ1v) is 9.01. The van der Waals surface area contributed by atoms with Gasteiger partial charge in [-0.25, -0.2) is 4.39 Å². The normalized spacial score (nSPS) is 14.4. The molecule has 1 aliphatic rings. The van der Waals surface area contributed by atoms with Gasteiger partial charge in [-0.15, -0.1) is 0 Å². The predicted molar refractivity (Wildman–Crippen MR) is 101 cm³/mol. The number of para-hydroxylation sites is 1. The minimum absolute atomic E-state index is 0.00630. The molecule has 27 heavy (non-hydrogen) atoms. The van der Waals surface area contributed by atoms with Gasteiger partial charge in [0.05, 0.1) is 0 Å². The van der Waals surface area contributed by atoms with Crippen LogP contribution in [-0.2, 0) is 4.79 Å². The molecule has 0 spiro atoms. The number of hydrogen-bond donors (Lipinski definition) is 2. The lowest BCUT2D eigenvalue weighted by Gasteiger charge is -2.11. The fourth-order valence-electron chi connectivity index (χ4n) is 3.50. The number of amides is 2. The molecule has 4 rings (SSSR count). The van der Waals surface area contributed by atoms with Crippen LogP contribution in [0.3, 0.4) is 0 Å². The van der Waals surface area contributed by atoms with E-state index in [0.717, 1.165) is 25.7 Å². The Morgan fingerprint density at radius 2 is 1.78 bits per heavy atom. The molecule has 0 radical (unpaired) electrons. The van der Waals surface area contributed by atoms with Gasteiger partial charge in [-0.3, -0.25) is 9.59 Å². The zero-order chi connectivity index (χ0) is 18.8. The molecule has 2 N–H and O–H groups in total. The largest absolute Gasteiger partial charge is 0.449 e. The van der Waals surface area contributed by atoms with Gasteiger partial charge in [0.25, 0.3) is 5.91 Å². The third kappa shape index (κ3) is 3.56. The lowest BCUT2D eigenvalue weighted by molar-refractivity contribution is -0.119. The Morgan fingerprint density at radius 3 is 2.56 bits per heavy atom. The Bertz CT molecular complexity index is 1010. The van der Waals surface area contributed by atoms with Crippen LogP contribution in [0.15, 0.2) is 52.9 Å². The van der Waals surface area contributed by atoms with Crippen molar-refractivity contribution in [3.05, 3.63) is 60.1 Å². The second kappa shape index (κ2) is 7.23. The Hall–Kier alpha value is -3.15. The molecule has 2 aromatic carbocycles. The highest BCUT2D eigenvalue weighted by Crippen LogP contribution is 2.33. The minimum Gasteiger partial charge on any atom is -0.449 e. The van der Waals surface area contributed by atoms with Gasteiger partial charge in [-0.05, 0) is 43.2 Å². The molecule has 1 aromatic heterocycles. The van der Waals surface area contributed by atoms with Crippen molar-refractivity contribution >= 4 is 34.2 Å². The van der Waals surface area contributed by atoms with Gasteiger partial charge in [-0.1, -0.05) is 31.0 Å². The van der Waals surface area contributed by atoms with E-state index in [4.69, 9.17) is 4.42 Å². The van der Waals surface area contributed by atoms with Gasteiger partial charge in [0.2, 0.25) is 11.7 Å². The van der Waals surface area contributed by atoms with E-state index < -0.39 is 11.7 Å². The molecule has 6 heteroatoms. The number of fused-ring (bicyclic) bond motifs is 1. The van der Waals surface area contributed by atoms with Crippen LogP contribution in [-0.4, -0.2) is 11.8 Å². The van der Waals surface area contributed by atoms with Crippen molar-refractivity contribution in [3.8, 4) is 0 Å². The van der Waals surface area contributed by atoms with Crippen molar-refractivity contribution in [2.24, 2.45) is 5.92 Å². The maximum absolute atomic E-state index is 13.4. The summed E-state index contributed by atoms with van der Waals surface area (Å²) in [5.74, 6) is -1.13. The van der Waals surface area contributed by atoms with E-state index in [1.807, 2.05) is 6.07 Å². The van der Waals surface area contributed by atoms with Gasteiger partial charge in [0, 0.05) is 17.0 Å². The molecule has 0 saturated heterocycles. The first-order valence-electron chi connectivity index (χ1n) is 9.01. The monoisotopic (exact) mass is 366 g/mol. The van der Waals surface area contributed by atoms with Gasteiger partial charge in [-0.2, -0.15) is 0 Å². The molecular weight excluding hydrogens is 347 g/mol. The van der Waals surface area contributed by atoms with Crippen LogP contribution < -0.4 is 10.6 Å². The zero-order valence-corrected chi connectivity index (χ0v) is 14.6. The maximum Gasteiger partial charge on any atom is 0.293 e. The lowest BCUT2D eigenvalue weighted by atomic mass is 10.1. The number of rotatable bonds is 4. The summed E-state index contributed by atoms with van der Waals surface area (Å²) in [7, 11) is 0. The van der Waals surface area contributed by atoms with Crippen LogP contribution in [0.2, 0.25) is 0 Å². The highest BCUT2D eigenvalue weighted by atomic mass is 19.1. The molecule has 2 amide bonds. The summed E-state index contributed by atoms with van der Waals surface area (Å²) >= 11 is 0. The zero-order valence-electron chi connectivity index (χ0n) is 14.6. The number of furan rings is 1. The van der Waals surface area contributed by atoms with E-state index in [2.05, 4.69) is 10.6 Å². The fourth-order valence-corrected chi connectivity index (χ4v) is 3.50. The van der Waals surface area contributed by atoms with Crippen LogP contribution in [0.25, 0.3) is 11.0 Å². The summed E-state index contributed by atoms with van der Waals surface area (Å²) in [4.78, 5) is 25.3. The molecule has 0 unspecified atom stereocenters. The quantitative estimate of drug-likeness (QED) is 0.686. The smallest absolute Gasteiger partial charge is 0.293 e. The number of halogens is 1. The summed E-state index contributed by atoms with van der Waals surface area (Å²) < 4.78 is 19.1. The third-order valence-electron chi connectivity index (χ3n) is 4.86. The van der Waals surface area contributed by atoms with Crippen molar-refractivity contribution < 1.29 is 18.4 Å². The molecule has 5 nitrogen and oxygen atoms in total. The molecule has 1 fully saturated rings. The molecule has 0 bridgehead atoms. The number of carbonyl (C=O) groups is 2. The van der Waals surface area contributed by atoms with E-state index in [-0.39, 0.29) is 17.6 Å². The average molecular weight is 366 g/mol. The van der Waals surface area contributed by atoms with Crippen LogP contribution >= 0.6 is 0 Å². The molecule has 3 aromatic rings. The standard InChI is InChI=1S/C21H19FN2O3/c22-14-8-5-9-15(12-14)23-21(26)19-18(16-10-3-4-11-17(16)27-19)24-20(25)13-6-1-2-7-13/h3-5,8-13H,1-2,6-7H2,(H,23,26)(H,24,25). The predicted octanol–water partition coefficient (Wildman–Crippen LogP) is 4.95. The van der Waals surface area contributed by atoms with Gasteiger partial charge >= 0.3 is 0 Å². The van der Waals surface area contributed by atoms with Crippen molar-refractivity contribution in [2.75, 3.05) is 10.6 Å². The molecule has 0 atom stereocenters. The number of carbonyl (C=O) groups excluding carboxylic acids is 2. The molecule has 1 saturated carbocycles. The second-order valence-electron chi connectivity index (χ2n) is 6.74. The van der Waals surface area contributed by atoms with Gasteiger partial charge < -0.3 is 15.1 Å². The van der Waals surface area contributed by atoms with Crippen molar-refractivity contribution in [3.63, 3.8) is 0 Å². The number of benzene rings is 2. The molecule has 0 aliphatic heterocycles. The maximum atomic E-state index is 13.4. The number of nitrogens with one attached hydrogen (secondary N) is 2. The van der Waals surface area contributed by atoms with Gasteiger partial charge in [0.15, 0.2) is 0 Å².